The van der Waals surface area contributed by atoms with E-state index in [1.54, 1.807) is 0 Å². The first-order chi connectivity index (χ1) is 11.0. The number of piperidine rings is 1. The third-order valence-electron chi connectivity index (χ3n) is 4.31. The standard InChI is InChI=1S/C17H23N5O/c1-12-9-13(2)20-17(19-12)22-8-4-6-15(22)11-21-7-3-5-14(10-21)16(18)23/h4,6,8-9,14H,3,5,7,10-11H2,1-2H3,(H2,18,23). The molecule has 2 N–H and O–H groups in total. The van der Waals surface area contributed by atoms with Crippen LogP contribution in [0.4, 0.5) is 0 Å². The van der Waals surface area contributed by atoms with Crippen LogP contribution < -0.4 is 5.73 Å². The minimum absolute atomic E-state index is 0.0374. The second-order valence-electron chi connectivity index (χ2n) is 6.30. The molecule has 1 fully saturated rings. The molecule has 3 heterocycles. The van der Waals surface area contributed by atoms with Crippen molar-refractivity contribution in [3.8, 4) is 5.95 Å². The predicted molar refractivity (Wildman–Crippen MR) is 88.0 cm³/mol. The number of nitrogens with two attached hydrogens (primary N) is 1. The topological polar surface area (TPSA) is 77.0 Å². The van der Waals surface area contributed by atoms with Crippen LogP contribution in [0.1, 0.15) is 29.9 Å². The van der Waals surface area contributed by atoms with E-state index in [1.807, 2.05) is 36.7 Å². The van der Waals surface area contributed by atoms with Gasteiger partial charge in [0.05, 0.1) is 5.92 Å². The molecular weight excluding hydrogens is 290 g/mol. The summed E-state index contributed by atoms with van der Waals surface area (Å²) >= 11 is 0. The van der Waals surface area contributed by atoms with E-state index in [0.29, 0.717) is 5.95 Å². The van der Waals surface area contributed by atoms with Crippen LogP contribution in [-0.4, -0.2) is 38.4 Å². The van der Waals surface area contributed by atoms with Crippen molar-refractivity contribution in [1.29, 1.82) is 0 Å². The fourth-order valence-electron chi connectivity index (χ4n) is 3.22. The Morgan fingerprint density at radius 3 is 2.78 bits per heavy atom. The number of amides is 1. The number of hydrogen-bond acceptors (Lipinski definition) is 4. The lowest BCUT2D eigenvalue weighted by molar-refractivity contribution is -0.123. The Kier molecular flexibility index (Phi) is 4.43. The van der Waals surface area contributed by atoms with Gasteiger partial charge in [0, 0.05) is 36.4 Å². The molecule has 1 unspecified atom stereocenters. The molecule has 1 atom stereocenters. The lowest BCUT2D eigenvalue weighted by atomic mass is 9.97. The van der Waals surface area contributed by atoms with E-state index in [2.05, 4.69) is 20.9 Å². The number of aromatic nitrogens is 3. The van der Waals surface area contributed by atoms with E-state index < -0.39 is 0 Å². The summed E-state index contributed by atoms with van der Waals surface area (Å²) in [6.07, 6.45) is 3.89. The first kappa shape index (κ1) is 15.7. The Hall–Kier alpha value is -2.21. The van der Waals surface area contributed by atoms with Gasteiger partial charge in [-0.2, -0.15) is 0 Å². The lowest BCUT2D eigenvalue weighted by Gasteiger charge is -2.31. The number of nitrogens with zero attached hydrogens (tertiary/aromatic N) is 4. The summed E-state index contributed by atoms with van der Waals surface area (Å²) in [7, 11) is 0. The molecule has 6 nitrogen and oxygen atoms in total. The number of aryl methyl sites for hydroxylation is 2. The highest BCUT2D eigenvalue weighted by Crippen LogP contribution is 2.19. The van der Waals surface area contributed by atoms with Crippen LogP contribution in [0.5, 0.6) is 0 Å². The third kappa shape index (κ3) is 3.59. The normalized spacial score (nSPS) is 19.0. The zero-order chi connectivity index (χ0) is 16.4. The summed E-state index contributed by atoms with van der Waals surface area (Å²) in [4.78, 5) is 22.8. The molecule has 2 aromatic rings. The van der Waals surface area contributed by atoms with E-state index in [0.717, 1.165) is 49.6 Å². The van der Waals surface area contributed by atoms with Crippen molar-refractivity contribution in [2.75, 3.05) is 13.1 Å². The van der Waals surface area contributed by atoms with Gasteiger partial charge in [-0.3, -0.25) is 14.3 Å². The molecule has 6 heteroatoms. The van der Waals surface area contributed by atoms with Crippen molar-refractivity contribution in [3.63, 3.8) is 0 Å². The molecule has 1 saturated heterocycles. The zero-order valence-electron chi connectivity index (χ0n) is 13.7. The Morgan fingerprint density at radius 1 is 1.35 bits per heavy atom. The fraction of sp³-hybridized carbons (Fsp3) is 0.471. The summed E-state index contributed by atoms with van der Waals surface area (Å²) in [5, 5.41) is 0. The summed E-state index contributed by atoms with van der Waals surface area (Å²) in [6, 6.07) is 6.05. The molecule has 1 aliphatic heterocycles. The number of carbonyl (C=O) groups is 1. The Balaban J connectivity index is 1.80. The van der Waals surface area contributed by atoms with E-state index in [1.165, 1.54) is 0 Å². The molecular formula is C17H23N5O. The summed E-state index contributed by atoms with van der Waals surface area (Å²) in [6.45, 7) is 6.44. The van der Waals surface area contributed by atoms with Crippen LogP contribution in [0, 0.1) is 19.8 Å². The van der Waals surface area contributed by atoms with E-state index in [9.17, 15) is 4.79 Å². The molecule has 0 saturated carbocycles. The van der Waals surface area contributed by atoms with Crippen LogP contribution in [-0.2, 0) is 11.3 Å². The molecule has 0 spiro atoms. The van der Waals surface area contributed by atoms with Gasteiger partial charge in [-0.15, -0.1) is 0 Å². The molecule has 0 radical (unpaired) electrons. The van der Waals surface area contributed by atoms with Crippen molar-refractivity contribution < 1.29 is 4.79 Å². The SMILES string of the molecule is Cc1cc(C)nc(-n2cccc2CN2CCCC(C(N)=O)C2)n1. The summed E-state index contributed by atoms with van der Waals surface area (Å²) in [5.41, 5.74) is 8.51. The van der Waals surface area contributed by atoms with Crippen LogP contribution in [0.3, 0.4) is 0 Å². The Morgan fingerprint density at radius 2 is 2.09 bits per heavy atom. The monoisotopic (exact) mass is 313 g/mol. The molecule has 3 rings (SSSR count). The van der Waals surface area contributed by atoms with Crippen molar-refractivity contribution in [2.24, 2.45) is 11.7 Å². The van der Waals surface area contributed by atoms with Gasteiger partial charge in [0.15, 0.2) is 0 Å². The molecule has 122 valence electrons. The van der Waals surface area contributed by atoms with Gasteiger partial charge < -0.3 is 5.73 Å². The molecule has 1 amide bonds. The van der Waals surface area contributed by atoms with E-state index >= 15 is 0 Å². The smallest absolute Gasteiger partial charge is 0.234 e. The number of rotatable bonds is 4. The van der Waals surface area contributed by atoms with Crippen LogP contribution >= 0.6 is 0 Å². The number of primary amides is 1. The van der Waals surface area contributed by atoms with E-state index in [4.69, 9.17) is 5.73 Å². The molecule has 0 aliphatic carbocycles. The number of carbonyl (C=O) groups excluding carboxylic acids is 1. The third-order valence-corrected chi connectivity index (χ3v) is 4.31. The lowest BCUT2D eigenvalue weighted by Crippen LogP contribution is -2.40. The highest BCUT2D eigenvalue weighted by atomic mass is 16.1. The minimum atomic E-state index is -0.192. The van der Waals surface area contributed by atoms with Gasteiger partial charge in [0.25, 0.3) is 0 Å². The summed E-state index contributed by atoms with van der Waals surface area (Å²) in [5.74, 6) is 0.471. The second kappa shape index (κ2) is 6.50. The maximum Gasteiger partial charge on any atom is 0.234 e. The predicted octanol–water partition coefficient (Wildman–Crippen LogP) is 1.58. The molecule has 0 aromatic carbocycles. The van der Waals surface area contributed by atoms with Gasteiger partial charge in [-0.25, -0.2) is 9.97 Å². The van der Waals surface area contributed by atoms with Gasteiger partial charge in [-0.1, -0.05) is 0 Å². The van der Waals surface area contributed by atoms with Crippen LogP contribution in [0.2, 0.25) is 0 Å². The summed E-state index contributed by atoms with van der Waals surface area (Å²) < 4.78 is 2.02. The first-order valence-corrected chi connectivity index (χ1v) is 8.03. The van der Waals surface area contributed by atoms with Gasteiger partial charge in [0.2, 0.25) is 11.9 Å². The van der Waals surface area contributed by atoms with Crippen LogP contribution in [0.15, 0.2) is 24.4 Å². The van der Waals surface area contributed by atoms with Crippen molar-refractivity contribution in [2.45, 2.75) is 33.2 Å². The molecule has 23 heavy (non-hydrogen) atoms. The first-order valence-electron chi connectivity index (χ1n) is 8.03. The van der Waals surface area contributed by atoms with Crippen molar-refractivity contribution in [1.82, 2.24) is 19.4 Å². The van der Waals surface area contributed by atoms with Crippen LogP contribution in [0.25, 0.3) is 5.95 Å². The van der Waals surface area contributed by atoms with Gasteiger partial charge in [0.1, 0.15) is 0 Å². The highest BCUT2D eigenvalue weighted by molar-refractivity contribution is 5.76. The Bertz CT molecular complexity index is 689. The average molecular weight is 313 g/mol. The Labute approximate surface area is 136 Å². The minimum Gasteiger partial charge on any atom is -0.369 e. The maximum atomic E-state index is 11.4. The largest absolute Gasteiger partial charge is 0.369 e. The molecule has 1 aliphatic rings. The molecule has 0 bridgehead atoms. The number of hydrogen-bond donors (Lipinski definition) is 1. The highest BCUT2D eigenvalue weighted by Gasteiger charge is 2.24. The van der Waals surface area contributed by atoms with Crippen molar-refractivity contribution in [3.05, 3.63) is 41.5 Å². The quantitative estimate of drug-likeness (QED) is 0.929. The maximum absolute atomic E-state index is 11.4. The second-order valence-corrected chi connectivity index (χ2v) is 6.30. The fourth-order valence-corrected chi connectivity index (χ4v) is 3.22. The van der Waals surface area contributed by atoms with Gasteiger partial charge >= 0.3 is 0 Å². The number of likely N-dealkylation sites (tertiary alicyclic amines) is 1. The molecule has 2 aromatic heterocycles. The zero-order valence-corrected chi connectivity index (χ0v) is 13.7. The van der Waals surface area contributed by atoms with Gasteiger partial charge in [-0.05, 0) is 51.4 Å². The van der Waals surface area contributed by atoms with E-state index in [-0.39, 0.29) is 11.8 Å². The average Bonchev–Trinajstić information content (AvgIpc) is 2.94. The van der Waals surface area contributed by atoms with Crippen molar-refractivity contribution >= 4 is 5.91 Å².